The number of thiophene rings is 1. The molecule has 2 rings (SSSR count). The van der Waals surface area contributed by atoms with E-state index in [4.69, 9.17) is 11.6 Å². The van der Waals surface area contributed by atoms with Gasteiger partial charge in [0.1, 0.15) is 4.21 Å². The van der Waals surface area contributed by atoms with Gasteiger partial charge in [-0.2, -0.15) is 0 Å². The number of hydrogen-bond donors (Lipinski definition) is 1. The van der Waals surface area contributed by atoms with E-state index >= 15 is 0 Å². The maximum Gasteiger partial charge on any atom is 0.250 e. The van der Waals surface area contributed by atoms with Crippen molar-refractivity contribution in [2.75, 3.05) is 5.88 Å². The molecule has 1 aliphatic rings. The molecule has 1 saturated carbocycles. The Bertz CT molecular complexity index is 477. The fraction of sp³-hybridized carbons (Fsp3) is 0.600. The standard InChI is InChI=1S/C10H14ClNO2S2/c1-2-8-3-4-9(15-8)16(13,14)12-10(7-11)5-6-10/h3-4,12H,2,5-7H2,1H3. The molecule has 6 heteroatoms. The first-order valence-corrected chi connectivity index (χ1v) is 8.03. The minimum Gasteiger partial charge on any atom is -0.206 e. The van der Waals surface area contributed by atoms with E-state index in [1.807, 2.05) is 13.0 Å². The van der Waals surface area contributed by atoms with Crippen molar-refractivity contribution in [3.05, 3.63) is 17.0 Å². The van der Waals surface area contributed by atoms with Crippen LogP contribution in [-0.4, -0.2) is 19.8 Å². The van der Waals surface area contributed by atoms with Crippen molar-refractivity contribution >= 4 is 33.0 Å². The van der Waals surface area contributed by atoms with Crippen molar-refractivity contribution in [1.82, 2.24) is 4.72 Å². The Morgan fingerprint density at radius 1 is 1.50 bits per heavy atom. The lowest BCUT2D eigenvalue weighted by atomic mass is 10.4. The summed E-state index contributed by atoms with van der Waals surface area (Å²) >= 11 is 7.08. The maximum absolute atomic E-state index is 12.0. The summed E-state index contributed by atoms with van der Waals surface area (Å²) in [6.07, 6.45) is 2.53. The molecule has 0 aromatic carbocycles. The Morgan fingerprint density at radius 2 is 2.19 bits per heavy atom. The summed E-state index contributed by atoms with van der Waals surface area (Å²) in [6.45, 7) is 2.01. The fourth-order valence-electron chi connectivity index (χ4n) is 1.44. The molecule has 0 spiro atoms. The van der Waals surface area contributed by atoms with Crippen molar-refractivity contribution < 1.29 is 8.42 Å². The number of aryl methyl sites for hydroxylation is 1. The van der Waals surface area contributed by atoms with Crippen LogP contribution in [-0.2, 0) is 16.4 Å². The molecular weight excluding hydrogens is 266 g/mol. The van der Waals surface area contributed by atoms with E-state index in [0.29, 0.717) is 10.1 Å². The van der Waals surface area contributed by atoms with E-state index in [2.05, 4.69) is 4.72 Å². The van der Waals surface area contributed by atoms with Crippen LogP contribution in [0.5, 0.6) is 0 Å². The molecule has 16 heavy (non-hydrogen) atoms. The predicted octanol–water partition coefficient (Wildman–Crippen LogP) is 2.36. The van der Waals surface area contributed by atoms with E-state index in [1.165, 1.54) is 11.3 Å². The highest BCUT2D eigenvalue weighted by Crippen LogP contribution is 2.38. The van der Waals surface area contributed by atoms with Gasteiger partial charge in [0.15, 0.2) is 0 Å². The highest BCUT2D eigenvalue weighted by molar-refractivity contribution is 7.91. The van der Waals surface area contributed by atoms with Crippen LogP contribution >= 0.6 is 22.9 Å². The van der Waals surface area contributed by atoms with Crippen LogP contribution in [0.3, 0.4) is 0 Å². The molecule has 1 N–H and O–H groups in total. The summed E-state index contributed by atoms with van der Waals surface area (Å²) in [5, 5.41) is 0. The van der Waals surface area contributed by atoms with Crippen LogP contribution in [0.1, 0.15) is 24.6 Å². The molecule has 1 heterocycles. The zero-order chi connectivity index (χ0) is 11.8. The first-order valence-electron chi connectivity index (χ1n) is 5.20. The molecule has 0 saturated heterocycles. The van der Waals surface area contributed by atoms with Crippen LogP contribution in [0.4, 0.5) is 0 Å². The quantitative estimate of drug-likeness (QED) is 0.841. The van der Waals surface area contributed by atoms with Crippen LogP contribution < -0.4 is 4.72 Å². The minimum absolute atomic E-state index is 0.345. The maximum atomic E-state index is 12.0. The number of rotatable bonds is 5. The monoisotopic (exact) mass is 279 g/mol. The summed E-state index contributed by atoms with van der Waals surface area (Å²) in [5.41, 5.74) is -0.378. The van der Waals surface area contributed by atoms with Gasteiger partial charge in [0.25, 0.3) is 10.0 Å². The number of alkyl halides is 1. The number of halogens is 1. The summed E-state index contributed by atoms with van der Waals surface area (Å²) < 4.78 is 27.1. The molecule has 0 bridgehead atoms. The van der Waals surface area contributed by atoms with Crippen LogP contribution in [0, 0.1) is 0 Å². The van der Waals surface area contributed by atoms with Gasteiger partial charge in [0.05, 0.1) is 0 Å². The molecular formula is C10H14ClNO2S2. The van der Waals surface area contributed by atoms with Gasteiger partial charge in [-0.3, -0.25) is 0 Å². The third-order valence-electron chi connectivity index (χ3n) is 2.71. The summed E-state index contributed by atoms with van der Waals surface area (Å²) in [7, 11) is -3.37. The second kappa shape index (κ2) is 4.29. The average molecular weight is 280 g/mol. The van der Waals surface area contributed by atoms with Crippen molar-refractivity contribution in [2.24, 2.45) is 0 Å². The molecule has 0 aliphatic heterocycles. The third kappa shape index (κ3) is 2.42. The van der Waals surface area contributed by atoms with Gasteiger partial charge >= 0.3 is 0 Å². The van der Waals surface area contributed by atoms with E-state index in [0.717, 1.165) is 24.1 Å². The van der Waals surface area contributed by atoms with Crippen molar-refractivity contribution in [3.63, 3.8) is 0 Å². The normalized spacial score (nSPS) is 18.6. The van der Waals surface area contributed by atoms with Crippen LogP contribution in [0.25, 0.3) is 0 Å². The molecule has 0 radical (unpaired) electrons. The van der Waals surface area contributed by atoms with E-state index in [1.54, 1.807) is 6.07 Å². The predicted molar refractivity (Wildman–Crippen MR) is 66.7 cm³/mol. The average Bonchev–Trinajstić information content (AvgIpc) is 2.82. The summed E-state index contributed by atoms with van der Waals surface area (Å²) in [6, 6.07) is 3.52. The SMILES string of the molecule is CCc1ccc(S(=O)(=O)NC2(CCl)CC2)s1. The van der Waals surface area contributed by atoms with Gasteiger partial charge in [-0.25, -0.2) is 13.1 Å². The first-order chi connectivity index (χ1) is 7.51. The Labute approximate surface area is 105 Å². The lowest BCUT2D eigenvalue weighted by Gasteiger charge is -2.12. The van der Waals surface area contributed by atoms with Gasteiger partial charge in [0.2, 0.25) is 0 Å². The molecule has 0 unspecified atom stereocenters. The van der Waals surface area contributed by atoms with Gasteiger partial charge in [-0.15, -0.1) is 22.9 Å². The van der Waals surface area contributed by atoms with E-state index in [9.17, 15) is 8.42 Å². The summed E-state index contributed by atoms with van der Waals surface area (Å²) in [4.78, 5) is 1.08. The highest BCUT2D eigenvalue weighted by atomic mass is 35.5. The lowest BCUT2D eigenvalue weighted by molar-refractivity contribution is 0.561. The largest absolute Gasteiger partial charge is 0.250 e. The van der Waals surface area contributed by atoms with Crippen LogP contribution in [0.2, 0.25) is 0 Å². The van der Waals surface area contributed by atoms with Crippen molar-refractivity contribution in [3.8, 4) is 0 Å². The smallest absolute Gasteiger partial charge is 0.206 e. The third-order valence-corrected chi connectivity index (χ3v) is 6.52. The van der Waals surface area contributed by atoms with E-state index < -0.39 is 10.0 Å². The number of hydrogen-bond acceptors (Lipinski definition) is 3. The molecule has 1 fully saturated rings. The number of nitrogens with one attached hydrogen (secondary N) is 1. The second-order valence-corrected chi connectivity index (χ2v) is 7.44. The molecule has 3 nitrogen and oxygen atoms in total. The Balaban J connectivity index is 2.19. The highest BCUT2D eigenvalue weighted by Gasteiger charge is 2.45. The zero-order valence-electron chi connectivity index (χ0n) is 8.99. The Morgan fingerprint density at radius 3 is 2.62 bits per heavy atom. The number of sulfonamides is 1. The molecule has 0 atom stereocenters. The van der Waals surface area contributed by atoms with Gasteiger partial charge in [-0.1, -0.05) is 6.92 Å². The topological polar surface area (TPSA) is 46.2 Å². The molecule has 1 aromatic rings. The first kappa shape index (κ1) is 12.4. The molecule has 0 amide bonds. The van der Waals surface area contributed by atoms with Crippen LogP contribution in [0.15, 0.2) is 16.3 Å². The van der Waals surface area contributed by atoms with Crippen molar-refractivity contribution in [1.29, 1.82) is 0 Å². The summed E-state index contributed by atoms with van der Waals surface area (Å²) in [5.74, 6) is 0.345. The molecule has 1 aliphatic carbocycles. The lowest BCUT2D eigenvalue weighted by Crippen LogP contribution is -2.37. The second-order valence-electron chi connectivity index (χ2n) is 4.09. The molecule has 90 valence electrons. The van der Waals surface area contributed by atoms with Gasteiger partial charge in [-0.05, 0) is 31.4 Å². The van der Waals surface area contributed by atoms with Gasteiger partial charge in [0, 0.05) is 16.3 Å². The minimum atomic E-state index is -3.37. The molecule has 1 aromatic heterocycles. The Hall–Kier alpha value is -0.100. The van der Waals surface area contributed by atoms with Crippen molar-refractivity contribution in [2.45, 2.75) is 35.9 Å². The Kier molecular flexibility index (Phi) is 3.32. The fourth-order valence-corrected chi connectivity index (χ4v) is 4.61. The van der Waals surface area contributed by atoms with E-state index in [-0.39, 0.29) is 5.54 Å². The van der Waals surface area contributed by atoms with Gasteiger partial charge < -0.3 is 0 Å². The zero-order valence-corrected chi connectivity index (χ0v) is 11.4.